The van der Waals surface area contributed by atoms with Gasteiger partial charge in [-0.1, -0.05) is 30.3 Å². The van der Waals surface area contributed by atoms with Gasteiger partial charge >= 0.3 is 6.03 Å². The van der Waals surface area contributed by atoms with E-state index < -0.39 is 17.7 Å². The average molecular weight is 377 g/mol. The normalized spacial score (nSPS) is 10.1. The maximum atomic E-state index is 13.0. The van der Waals surface area contributed by atoms with Crippen molar-refractivity contribution in [2.24, 2.45) is 0 Å². The van der Waals surface area contributed by atoms with Crippen LogP contribution < -0.4 is 20.7 Å². The van der Waals surface area contributed by atoms with Gasteiger partial charge in [0.25, 0.3) is 0 Å². The first-order chi connectivity index (χ1) is 13.0. The molecule has 2 rings (SSSR count). The highest BCUT2D eigenvalue weighted by molar-refractivity contribution is 5.83. The second kappa shape index (κ2) is 10.7. The summed E-state index contributed by atoms with van der Waals surface area (Å²) in [5.41, 5.74) is 1.12. The number of carbonyl (C=O) groups excluding carboxylic acids is 2. The van der Waals surface area contributed by atoms with Gasteiger partial charge in [-0.3, -0.25) is 4.79 Å². The molecule has 6 nitrogen and oxygen atoms in total. The Balaban J connectivity index is 1.53. The fourth-order valence-electron chi connectivity index (χ4n) is 2.18. The van der Waals surface area contributed by atoms with Gasteiger partial charge in [0.15, 0.2) is 11.6 Å². The third-order valence-electron chi connectivity index (χ3n) is 3.54. The highest BCUT2D eigenvalue weighted by atomic mass is 19.2. The summed E-state index contributed by atoms with van der Waals surface area (Å²) in [4.78, 5) is 23.3. The van der Waals surface area contributed by atoms with Crippen LogP contribution in [0.5, 0.6) is 5.75 Å². The molecular weight excluding hydrogens is 356 g/mol. The van der Waals surface area contributed by atoms with E-state index in [-0.39, 0.29) is 31.4 Å². The van der Waals surface area contributed by atoms with Crippen molar-refractivity contribution in [2.75, 3.05) is 26.2 Å². The van der Waals surface area contributed by atoms with E-state index in [1.807, 2.05) is 30.3 Å². The van der Waals surface area contributed by atoms with Crippen LogP contribution in [0.2, 0.25) is 0 Å². The standard InChI is InChI=1S/C19H21F2N3O3/c20-16-7-6-15(12-17(16)21)27-11-10-23-19(26)24-13-18(25)22-9-8-14-4-2-1-3-5-14/h1-7,12H,8-11,13H2,(H,22,25)(H2,23,24,26). The second-order valence-electron chi connectivity index (χ2n) is 5.62. The fourth-order valence-corrected chi connectivity index (χ4v) is 2.18. The maximum Gasteiger partial charge on any atom is 0.315 e. The number of halogens is 2. The number of benzene rings is 2. The first kappa shape index (κ1) is 20.2. The molecule has 0 fully saturated rings. The van der Waals surface area contributed by atoms with Gasteiger partial charge in [0.05, 0.1) is 13.1 Å². The molecule has 0 spiro atoms. The summed E-state index contributed by atoms with van der Waals surface area (Å²) in [6, 6.07) is 12.4. The van der Waals surface area contributed by atoms with Crippen LogP contribution >= 0.6 is 0 Å². The van der Waals surface area contributed by atoms with Gasteiger partial charge in [-0.15, -0.1) is 0 Å². The molecule has 3 N–H and O–H groups in total. The topological polar surface area (TPSA) is 79.5 Å². The minimum Gasteiger partial charge on any atom is -0.492 e. The van der Waals surface area contributed by atoms with E-state index in [0.717, 1.165) is 17.7 Å². The Kier molecular flexibility index (Phi) is 8.02. The monoisotopic (exact) mass is 377 g/mol. The minimum atomic E-state index is -1.00. The predicted molar refractivity (Wildman–Crippen MR) is 96.4 cm³/mol. The van der Waals surface area contributed by atoms with Gasteiger partial charge in [-0.2, -0.15) is 0 Å². The lowest BCUT2D eigenvalue weighted by atomic mass is 10.1. The molecule has 144 valence electrons. The molecule has 0 heterocycles. The third kappa shape index (κ3) is 7.72. The van der Waals surface area contributed by atoms with Gasteiger partial charge in [0.2, 0.25) is 5.91 Å². The lowest BCUT2D eigenvalue weighted by Gasteiger charge is -2.10. The molecule has 2 aromatic rings. The van der Waals surface area contributed by atoms with Crippen molar-refractivity contribution in [3.8, 4) is 5.75 Å². The molecule has 0 aliphatic rings. The van der Waals surface area contributed by atoms with E-state index in [0.29, 0.717) is 13.0 Å². The number of amides is 3. The average Bonchev–Trinajstić information content (AvgIpc) is 2.67. The third-order valence-corrected chi connectivity index (χ3v) is 3.54. The van der Waals surface area contributed by atoms with Crippen molar-refractivity contribution in [1.29, 1.82) is 0 Å². The molecule has 0 saturated heterocycles. The van der Waals surface area contributed by atoms with E-state index in [9.17, 15) is 18.4 Å². The zero-order chi connectivity index (χ0) is 19.5. The van der Waals surface area contributed by atoms with Crippen LogP contribution in [0.4, 0.5) is 13.6 Å². The molecule has 2 aromatic carbocycles. The van der Waals surface area contributed by atoms with Gasteiger partial charge in [0, 0.05) is 12.6 Å². The summed E-state index contributed by atoms with van der Waals surface area (Å²) in [6.07, 6.45) is 0.708. The number of urea groups is 1. The molecule has 0 aliphatic carbocycles. The van der Waals surface area contributed by atoms with Gasteiger partial charge in [-0.25, -0.2) is 13.6 Å². The zero-order valence-electron chi connectivity index (χ0n) is 14.6. The number of rotatable bonds is 9. The summed E-state index contributed by atoms with van der Waals surface area (Å²) in [5.74, 6) is -2.09. The molecule has 8 heteroatoms. The van der Waals surface area contributed by atoms with Crippen molar-refractivity contribution in [3.05, 3.63) is 65.7 Å². The van der Waals surface area contributed by atoms with Crippen molar-refractivity contribution < 1.29 is 23.1 Å². The van der Waals surface area contributed by atoms with Crippen LogP contribution in [0.15, 0.2) is 48.5 Å². The molecular formula is C19H21F2N3O3. The zero-order valence-corrected chi connectivity index (χ0v) is 14.6. The van der Waals surface area contributed by atoms with Crippen LogP contribution in [0, 0.1) is 11.6 Å². The summed E-state index contributed by atoms with van der Waals surface area (Å²) < 4.78 is 31.0. The number of carbonyl (C=O) groups is 2. The SMILES string of the molecule is O=C(CNC(=O)NCCOc1ccc(F)c(F)c1)NCCc1ccccc1. The molecule has 0 aliphatic heterocycles. The predicted octanol–water partition coefficient (Wildman–Crippen LogP) is 2.00. The molecule has 3 amide bonds. The number of hydrogen-bond donors (Lipinski definition) is 3. The van der Waals surface area contributed by atoms with Crippen LogP contribution in [-0.2, 0) is 11.2 Å². The van der Waals surface area contributed by atoms with Crippen LogP contribution in [0.25, 0.3) is 0 Å². The van der Waals surface area contributed by atoms with E-state index in [4.69, 9.17) is 4.74 Å². The molecule has 0 radical (unpaired) electrons. The first-order valence-corrected chi connectivity index (χ1v) is 8.45. The summed E-state index contributed by atoms with van der Waals surface area (Å²) in [5, 5.41) is 7.63. The van der Waals surface area contributed by atoms with Gasteiger partial charge < -0.3 is 20.7 Å². The Morgan fingerprint density at radius 3 is 2.41 bits per heavy atom. The molecule has 0 saturated carbocycles. The van der Waals surface area contributed by atoms with Gasteiger partial charge in [-0.05, 0) is 24.1 Å². The molecule has 27 heavy (non-hydrogen) atoms. The summed E-state index contributed by atoms with van der Waals surface area (Å²) >= 11 is 0. The van der Waals surface area contributed by atoms with E-state index in [1.165, 1.54) is 6.07 Å². The summed E-state index contributed by atoms with van der Waals surface area (Å²) in [6.45, 7) is 0.543. The second-order valence-corrected chi connectivity index (χ2v) is 5.62. The van der Waals surface area contributed by atoms with Gasteiger partial charge in [0.1, 0.15) is 12.4 Å². The Labute approximate surface area is 155 Å². The molecule has 0 bridgehead atoms. The molecule has 0 atom stereocenters. The van der Waals surface area contributed by atoms with Crippen molar-refractivity contribution >= 4 is 11.9 Å². The Hall–Kier alpha value is -3.16. The largest absolute Gasteiger partial charge is 0.492 e. The highest BCUT2D eigenvalue weighted by Gasteiger charge is 2.06. The smallest absolute Gasteiger partial charge is 0.315 e. The maximum absolute atomic E-state index is 13.0. The Morgan fingerprint density at radius 2 is 1.67 bits per heavy atom. The highest BCUT2D eigenvalue weighted by Crippen LogP contribution is 2.14. The van der Waals surface area contributed by atoms with Crippen molar-refractivity contribution in [3.63, 3.8) is 0 Å². The number of nitrogens with one attached hydrogen (secondary N) is 3. The van der Waals surface area contributed by atoms with Crippen LogP contribution in [-0.4, -0.2) is 38.2 Å². The van der Waals surface area contributed by atoms with Crippen LogP contribution in [0.1, 0.15) is 5.56 Å². The lowest BCUT2D eigenvalue weighted by Crippen LogP contribution is -2.43. The van der Waals surface area contributed by atoms with Crippen molar-refractivity contribution in [2.45, 2.75) is 6.42 Å². The van der Waals surface area contributed by atoms with Crippen molar-refractivity contribution in [1.82, 2.24) is 16.0 Å². The number of hydrogen-bond acceptors (Lipinski definition) is 3. The van der Waals surface area contributed by atoms with Crippen LogP contribution in [0.3, 0.4) is 0 Å². The Morgan fingerprint density at radius 1 is 0.889 bits per heavy atom. The first-order valence-electron chi connectivity index (χ1n) is 8.45. The van der Waals surface area contributed by atoms with E-state index in [2.05, 4.69) is 16.0 Å². The fraction of sp³-hybridized carbons (Fsp3) is 0.263. The van der Waals surface area contributed by atoms with E-state index >= 15 is 0 Å². The van der Waals surface area contributed by atoms with E-state index in [1.54, 1.807) is 0 Å². The quantitative estimate of drug-likeness (QED) is 0.585. The minimum absolute atomic E-state index is 0.0712. The molecule has 0 aromatic heterocycles. The number of ether oxygens (including phenoxy) is 1. The molecule has 0 unspecified atom stereocenters. The Bertz CT molecular complexity index is 757. The summed E-state index contributed by atoms with van der Waals surface area (Å²) in [7, 11) is 0. The lowest BCUT2D eigenvalue weighted by molar-refractivity contribution is -0.120.